The molecule has 0 unspecified atom stereocenters. The number of aromatic nitrogens is 1. The van der Waals surface area contributed by atoms with Crippen LogP contribution in [-0.2, 0) is 13.0 Å². The Morgan fingerprint density at radius 3 is 3.15 bits per heavy atom. The van der Waals surface area contributed by atoms with E-state index in [0.717, 1.165) is 0 Å². The molecule has 1 heteroatoms. The molecule has 0 atom stereocenters. The third-order valence-electron chi connectivity index (χ3n) is 2.93. The molecular weight excluding hydrogens is 158 g/mol. The molecule has 1 nitrogen and oxygen atoms in total. The zero-order valence-electron chi connectivity index (χ0n) is 7.88. The fourth-order valence-electron chi connectivity index (χ4n) is 2.42. The van der Waals surface area contributed by atoms with Crippen molar-refractivity contribution in [2.45, 2.75) is 26.3 Å². The fourth-order valence-corrected chi connectivity index (χ4v) is 2.42. The number of nitrogens with zero attached hydrogens (tertiary/aromatic N) is 1. The molecule has 3 rings (SSSR count). The van der Waals surface area contributed by atoms with Crippen LogP contribution in [0.3, 0.4) is 0 Å². The second-order valence-corrected chi connectivity index (χ2v) is 3.97. The molecule has 0 amide bonds. The smallest absolute Gasteiger partial charge is 0.0512 e. The van der Waals surface area contributed by atoms with Crippen molar-refractivity contribution in [3.8, 4) is 0 Å². The van der Waals surface area contributed by atoms with Crippen LogP contribution in [0.15, 0.2) is 24.4 Å². The average Bonchev–Trinajstić information content (AvgIpc) is 2.50. The lowest BCUT2D eigenvalue weighted by Crippen LogP contribution is -2.06. The molecule has 0 aliphatic carbocycles. The molecule has 0 bridgehead atoms. The molecule has 1 aromatic carbocycles. The second kappa shape index (κ2) is 2.38. The Bertz CT molecular complexity index is 465. The van der Waals surface area contributed by atoms with Gasteiger partial charge in [0, 0.05) is 18.1 Å². The van der Waals surface area contributed by atoms with Crippen LogP contribution in [0.4, 0.5) is 0 Å². The molecule has 66 valence electrons. The van der Waals surface area contributed by atoms with E-state index in [9.17, 15) is 0 Å². The van der Waals surface area contributed by atoms with Crippen molar-refractivity contribution in [3.05, 3.63) is 35.5 Å². The second-order valence-electron chi connectivity index (χ2n) is 3.97. The highest BCUT2D eigenvalue weighted by molar-refractivity contribution is 5.84. The third-order valence-corrected chi connectivity index (χ3v) is 2.93. The number of hydrogen-bond donors (Lipinski definition) is 0. The van der Waals surface area contributed by atoms with Gasteiger partial charge in [-0.1, -0.05) is 11.6 Å². The molecule has 0 fully saturated rings. The molecule has 2 aromatic rings. The van der Waals surface area contributed by atoms with E-state index in [1.165, 1.54) is 41.4 Å². The van der Waals surface area contributed by atoms with E-state index >= 15 is 0 Å². The van der Waals surface area contributed by atoms with Crippen molar-refractivity contribution in [2.24, 2.45) is 0 Å². The maximum atomic E-state index is 2.38. The largest absolute Gasteiger partial charge is 0.347 e. The van der Waals surface area contributed by atoms with Gasteiger partial charge in [-0.05, 0) is 37.5 Å². The molecule has 0 saturated heterocycles. The van der Waals surface area contributed by atoms with Gasteiger partial charge in [-0.2, -0.15) is 0 Å². The summed E-state index contributed by atoms with van der Waals surface area (Å²) in [6.07, 6.45) is 4.76. The first-order valence-corrected chi connectivity index (χ1v) is 4.93. The monoisotopic (exact) mass is 171 g/mol. The van der Waals surface area contributed by atoms with Crippen LogP contribution in [0.2, 0.25) is 0 Å². The minimum absolute atomic E-state index is 1.19. The van der Waals surface area contributed by atoms with Gasteiger partial charge in [-0.3, -0.25) is 0 Å². The summed E-state index contributed by atoms with van der Waals surface area (Å²) in [5, 5.41) is 1.41. The van der Waals surface area contributed by atoms with Gasteiger partial charge in [0.1, 0.15) is 0 Å². The van der Waals surface area contributed by atoms with E-state index in [2.05, 4.69) is 35.9 Å². The van der Waals surface area contributed by atoms with Crippen LogP contribution in [-0.4, -0.2) is 4.57 Å². The van der Waals surface area contributed by atoms with Crippen LogP contribution in [0, 0.1) is 6.92 Å². The van der Waals surface area contributed by atoms with Crippen LogP contribution in [0.25, 0.3) is 10.9 Å². The van der Waals surface area contributed by atoms with Crippen molar-refractivity contribution in [1.29, 1.82) is 0 Å². The summed E-state index contributed by atoms with van der Waals surface area (Å²) in [6.45, 7) is 3.38. The fraction of sp³-hybridized carbons (Fsp3) is 0.333. The van der Waals surface area contributed by atoms with Crippen molar-refractivity contribution in [2.75, 3.05) is 0 Å². The Morgan fingerprint density at radius 1 is 1.31 bits per heavy atom. The predicted octanol–water partition coefficient (Wildman–Crippen LogP) is 2.90. The van der Waals surface area contributed by atoms with E-state index in [1.807, 2.05) is 0 Å². The molecule has 0 spiro atoms. The summed E-state index contributed by atoms with van der Waals surface area (Å²) in [6, 6.07) is 6.84. The van der Waals surface area contributed by atoms with Crippen molar-refractivity contribution < 1.29 is 0 Å². The first kappa shape index (κ1) is 7.19. The SMILES string of the molecule is Cc1cc2c3c(ccn3CCC2)c1. The van der Waals surface area contributed by atoms with Crippen molar-refractivity contribution >= 4 is 10.9 Å². The number of aryl methyl sites for hydroxylation is 3. The standard InChI is InChI=1S/C12H13N/c1-9-7-10-3-2-5-13-6-4-11(8-9)12(10)13/h4,6-8H,2-3,5H2,1H3. The van der Waals surface area contributed by atoms with Gasteiger partial charge in [0.15, 0.2) is 0 Å². The van der Waals surface area contributed by atoms with E-state index in [0.29, 0.717) is 0 Å². The predicted molar refractivity (Wildman–Crippen MR) is 55.0 cm³/mol. The molecule has 0 N–H and O–H groups in total. The minimum Gasteiger partial charge on any atom is -0.347 e. The summed E-state index contributed by atoms with van der Waals surface area (Å²) in [5.41, 5.74) is 4.39. The van der Waals surface area contributed by atoms with Gasteiger partial charge in [0.25, 0.3) is 0 Å². The zero-order chi connectivity index (χ0) is 8.84. The van der Waals surface area contributed by atoms with Crippen LogP contribution in [0.5, 0.6) is 0 Å². The zero-order valence-corrected chi connectivity index (χ0v) is 7.88. The van der Waals surface area contributed by atoms with E-state index in [-0.39, 0.29) is 0 Å². The lowest BCUT2D eigenvalue weighted by Gasteiger charge is -2.15. The van der Waals surface area contributed by atoms with Gasteiger partial charge < -0.3 is 4.57 Å². The quantitative estimate of drug-likeness (QED) is 0.574. The van der Waals surface area contributed by atoms with Gasteiger partial charge >= 0.3 is 0 Å². The summed E-state index contributed by atoms with van der Waals surface area (Å²) in [5.74, 6) is 0. The summed E-state index contributed by atoms with van der Waals surface area (Å²) in [7, 11) is 0. The highest BCUT2D eigenvalue weighted by Gasteiger charge is 2.11. The highest BCUT2D eigenvalue weighted by atomic mass is 15.0. The topological polar surface area (TPSA) is 4.93 Å². The molecule has 2 heterocycles. The van der Waals surface area contributed by atoms with Crippen molar-refractivity contribution in [3.63, 3.8) is 0 Å². The summed E-state index contributed by atoms with van der Waals surface area (Å²) in [4.78, 5) is 0. The molecular formula is C12H13N. The van der Waals surface area contributed by atoms with E-state index in [4.69, 9.17) is 0 Å². The summed E-state index contributed by atoms with van der Waals surface area (Å²) < 4.78 is 2.38. The lowest BCUT2D eigenvalue weighted by atomic mass is 10.0. The Hall–Kier alpha value is -1.24. The van der Waals surface area contributed by atoms with Crippen LogP contribution in [0.1, 0.15) is 17.5 Å². The lowest BCUT2D eigenvalue weighted by molar-refractivity contribution is 0.635. The van der Waals surface area contributed by atoms with Gasteiger partial charge in [-0.25, -0.2) is 0 Å². The Balaban J connectivity index is 2.47. The third kappa shape index (κ3) is 0.932. The molecule has 0 radical (unpaired) electrons. The Morgan fingerprint density at radius 2 is 2.23 bits per heavy atom. The maximum absolute atomic E-state index is 2.38. The maximum Gasteiger partial charge on any atom is 0.0512 e. The highest BCUT2D eigenvalue weighted by Crippen LogP contribution is 2.27. The molecule has 1 aliphatic heterocycles. The number of hydrogen-bond acceptors (Lipinski definition) is 0. The molecule has 13 heavy (non-hydrogen) atoms. The number of benzene rings is 1. The van der Waals surface area contributed by atoms with Crippen LogP contribution < -0.4 is 0 Å². The van der Waals surface area contributed by atoms with Crippen molar-refractivity contribution in [1.82, 2.24) is 4.57 Å². The number of rotatable bonds is 0. The first-order valence-electron chi connectivity index (χ1n) is 4.93. The summed E-state index contributed by atoms with van der Waals surface area (Å²) >= 11 is 0. The van der Waals surface area contributed by atoms with E-state index < -0.39 is 0 Å². The Labute approximate surface area is 78.0 Å². The van der Waals surface area contributed by atoms with Gasteiger partial charge in [-0.15, -0.1) is 0 Å². The Kier molecular flexibility index (Phi) is 1.32. The molecule has 1 aromatic heterocycles. The molecule has 1 aliphatic rings. The van der Waals surface area contributed by atoms with E-state index in [1.54, 1.807) is 0 Å². The van der Waals surface area contributed by atoms with Gasteiger partial charge in [0.05, 0.1) is 5.52 Å². The first-order chi connectivity index (χ1) is 6.34. The average molecular weight is 171 g/mol. The minimum atomic E-state index is 1.19. The normalized spacial score (nSPS) is 15.2. The van der Waals surface area contributed by atoms with Crippen LogP contribution >= 0.6 is 0 Å². The van der Waals surface area contributed by atoms with Gasteiger partial charge in [0.2, 0.25) is 0 Å². The molecule has 0 saturated carbocycles.